The van der Waals surface area contributed by atoms with E-state index in [1.807, 2.05) is 0 Å². The van der Waals surface area contributed by atoms with Crippen molar-refractivity contribution in [3.8, 4) is 0 Å². The van der Waals surface area contributed by atoms with Gasteiger partial charge in [-0.15, -0.1) is 0 Å². The molecular weight excluding hydrogens is 243 g/mol. The number of halogens is 2. The van der Waals surface area contributed by atoms with Crippen LogP contribution in [0.3, 0.4) is 0 Å². The smallest absolute Gasteiger partial charge is 0.141 e. The number of nitrogens with zero attached hydrogens (tertiary/aromatic N) is 1. The van der Waals surface area contributed by atoms with Crippen molar-refractivity contribution in [3.05, 3.63) is 29.0 Å². The number of benzene rings is 1. The van der Waals surface area contributed by atoms with E-state index in [1.165, 1.54) is 6.07 Å². The van der Waals surface area contributed by atoms with E-state index in [0.29, 0.717) is 0 Å². The molecule has 1 saturated heterocycles. The van der Waals surface area contributed by atoms with Crippen molar-refractivity contribution in [2.24, 2.45) is 0 Å². The van der Waals surface area contributed by atoms with Crippen LogP contribution in [0, 0.1) is 5.82 Å². The molecule has 1 heterocycles. The van der Waals surface area contributed by atoms with Gasteiger partial charge in [0, 0.05) is 18.8 Å². The van der Waals surface area contributed by atoms with Crippen LogP contribution >= 0.6 is 11.6 Å². The summed E-state index contributed by atoms with van der Waals surface area (Å²) >= 11 is 5.78. The van der Waals surface area contributed by atoms with E-state index >= 15 is 0 Å². The third-order valence-electron chi connectivity index (χ3n) is 3.02. The van der Waals surface area contributed by atoms with Crippen molar-refractivity contribution in [2.75, 3.05) is 31.1 Å². The maximum atomic E-state index is 13.1. The van der Waals surface area contributed by atoms with Crippen molar-refractivity contribution >= 4 is 17.3 Å². The summed E-state index contributed by atoms with van der Waals surface area (Å²) in [5, 5.41) is 12.8. The van der Waals surface area contributed by atoms with E-state index in [9.17, 15) is 9.50 Å². The van der Waals surface area contributed by atoms with Gasteiger partial charge in [0.1, 0.15) is 5.82 Å². The highest BCUT2D eigenvalue weighted by Crippen LogP contribution is 2.24. The fraction of sp³-hybridized carbons (Fsp3) is 0.500. The molecule has 3 nitrogen and oxygen atoms in total. The summed E-state index contributed by atoms with van der Waals surface area (Å²) in [6.07, 6.45) is 0.992. The molecule has 1 aliphatic heterocycles. The van der Waals surface area contributed by atoms with E-state index in [1.54, 1.807) is 12.1 Å². The van der Waals surface area contributed by atoms with Gasteiger partial charge in [-0.1, -0.05) is 11.6 Å². The van der Waals surface area contributed by atoms with E-state index in [4.69, 9.17) is 11.6 Å². The topological polar surface area (TPSA) is 35.5 Å². The summed E-state index contributed by atoms with van der Waals surface area (Å²) < 4.78 is 13.1. The largest absolute Gasteiger partial charge is 0.394 e. The van der Waals surface area contributed by atoms with E-state index in [0.717, 1.165) is 31.7 Å². The van der Waals surface area contributed by atoms with Gasteiger partial charge in [-0.05, 0) is 31.2 Å². The van der Waals surface area contributed by atoms with Gasteiger partial charge in [0.2, 0.25) is 0 Å². The second-order valence-electron chi connectivity index (χ2n) is 4.19. The molecular formula is C12H16ClFN2O. The lowest BCUT2D eigenvalue weighted by molar-refractivity contribution is 0.260. The molecule has 1 aliphatic rings. The second-order valence-corrected chi connectivity index (χ2v) is 4.59. The first-order valence-corrected chi connectivity index (χ1v) is 6.13. The molecule has 1 aromatic rings. The Labute approximate surface area is 105 Å². The molecule has 1 unspecified atom stereocenters. The van der Waals surface area contributed by atoms with E-state index in [2.05, 4.69) is 10.2 Å². The van der Waals surface area contributed by atoms with Gasteiger partial charge >= 0.3 is 0 Å². The number of rotatable bonds is 2. The molecule has 0 bridgehead atoms. The highest BCUT2D eigenvalue weighted by atomic mass is 35.5. The average Bonchev–Trinajstić information content (AvgIpc) is 2.57. The normalized spacial score (nSPS) is 21.4. The maximum absolute atomic E-state index is 13.1. The van der Waals surface area contributed by atoms with Gasteiger partial charge in [-0.3, -0.25) is 0 Å². The van der Waals surface area contributed by atoms with Crippen LogP contribution in [0.5, 0.6) is 0 Å². The number of nitrogens with one attached hydrogen (secondary N) is 1. The Morgan fingerprint density at radius 1 is 1.53 bits per heavy atom. The van der Waals surface area contributed by atoms with Crippen LogP contribution in [0.25, 0.3) is 0 Å². The van der Waals surface area contributed by atoms with Crippen molar-refractivity contribution in [1.82, 2.24) is 5.32 Å². The summed E-state index contributed by atoms with van der Waals surface area (Å²) in [4.78, 5) is 2.07. The number of hydrogen-bond donors (Lipinski definition) is 2. The van der Waals surface area contributed by atoms with Crippen LogP contribution in [0.15, 0.2) is 18.2 Å². The minimum absolute atomic E-state index is 0.0130. The molecule has 1 fully saturated rings. The summed E-state index contributed by atoms with van der Waals surface area (Å²) in [5.74, 6) is -0.413. The predicted molar refractivity (Wildman–Crippen MR) is 67.1 cm³/mol. The van der Waals surface area contributed by atoms with Crippen LogP contribution in [0.2, 0.25) is 5.02 Å². The molecule has 0 aromatic heterocycles. The van der Waals surface area contributed by atoms with Crippen LogP contribution < -0.4 is 10.2 Å². The molecule has 2 rings (SSSR count). The van der Waals surface area contributed by atoms with Gasteiger partial charge < -0.3 is 15.3 Å². The van der Waals surface area contributed by atoms with Crippen molar-refractivity contribution < 1.29 is 9.50 Å². The molecule has 1 aromatic carbocycles. The van der Waals surface area contributed by atoms with Gasteiger partial charge in [0.05, 0.1) is 17.7 Å². The quantitative estimate of drug-likeness (QED) is 0.847. The zero-order valence-corrected chi connectivity index (χ0v) is 10.3. The Hall–Kier alpha value is -0.840. The minimum Gasteiger partial charge on any atom is -0.394 e. The third-order valence-corrected chi connectivity index (χ3v) is 3.31. The SMILES string of the molecule is OCC1CNCCCN1c1ccc(F)c(Cl)c1. The molecule has 0 amide bonds. The van der Waals surface area contributed by atoms with Crippen molar-refractivity contribution in [2.45, 2.75) is 12.5 Å². The summed E-state index contributed by atoms with van der Waals surface area (Å²) in [7, 11) is 0. The van der Waals surface area contributed by atoms with Gasteiger partial charge in [0.15, 0.2) is 0 Å². The Bertz CT molecular complexity index is 389. The fourth-order valence-electron chi connectivity index (χ4n) is 2.10. The van der Waals surface area contributed by atoms with Crippen LogP contribution in [0.1, 0.15) is 6.42 Å². The lowest BCUT2D eigenvalue weighted by Gasteiger charge is -2.30. The van der Waals surface area contributed by atoms with E-state index in [-0.39, 0.29) is 17.7 Å². The average molecular weight is 259 g/mol. The van der Waals surface area contributed by atoms with Crippen molar-refractivity contribution in [1.29, 1.82) is 0 Å². The first kappa shape index (κ1) is 12.6. The van der Waals surface area contributed by atoms with Gasteiger partial charge in [0.25, 0.3) is 0 Å². The monoisotopic (exact) mass is 258 g/mol. The lowest BCUT2D eigenvalue weighted by Crippen LogP contribution is -2.42. The molecule has 5 heteroatoms. The molecule has 0 radical (unpaired) electrons. The second kappa shape index (κ2) is 5.67. The molecule has 0 spiro atoms. The molecule has 0 aliphatic carbocycles. The first-order valence-electron chi connectivity index (χ1n) is 5.75. The first-order chi connectivity index (χ1) is 8.22. The Morgan fingerprint density at radius 3 is 3.06 bits per heavy atom. The standard InChI is InChI=1S/C12H16ClFN2O/c13-11-6-9(2-3-12(11)14)16-5-1-4-15-7-10(16)8-17/h2-3,6,10,15,17H,1,4-5,7-8H2. The molecule has 17 heavy (non-hydrogen) atoms. The summed E-state index contributed by atoms with van der Waals surface area (Å²) in [5.41, 5.74) is 0.860. The minimum atomic E-state index is -0.413. The third kappa shape index (κ3) is 2.89. The maximum Gasteiger partial charge on any atom is 0.141 e. The van der Waals surface area contributed by atoms with Gasteiger partial charge in [-0.25, -0.2) is 4.39 Å². The highest BCUT2D eigenvalue weighted by molar-refractivity contribution is 6.31. The number of anilines is 1. The number of aliphatic hydroxyl groups is 1. The zero-order chi connectivity index (χ0) is 12.3. The Balaban J connectivity index is 2.25. The van der Waals surface area contributed by atoms with Crippen LogP contribution in [-0.2, 0) is 0 Å². The predicted octanol–water partition coefficient (Wildman–Crippen LogP) is 1.64. The van der Waals surface area contributed by atoms with Crippen LogP contribution in [-0.4, -0.2) is 37.4 Å². The number of hydrogen-bond acceptors (Lipinski definition) is 3. The molecule has 0 saturated carbocycles. The Morgan fingerprint density at radius 2 is 2.35 bits per heavy atom. The highest BCUT2D eigenvalue weighted by Gasteiger charge is 2.20. The number of aliphatic hydroxyl groups excluding tert-OH is 1. The lowest BCUT2D eigenvalue weighted by atomic mass is 10.2. The Kier molecular flexibility index (Phi) is 4.20. The zero-order valence-electron chi connectivity index (χ0n) is 9.50. The summed E-state index contributed by atoms with van der Waals surface area (Å²) in [6, 6.07) is 4.70. The van der Waals surface area contributed by atoms with Gasteiger partial charge in [-0.2, -0.15) is 0 Å². The summed E-state index contributed by atoms with van der Waals surface area (Å²) in [6.45, 7) is 2.57. The fourth-order valence-corrected chi connectivity index (χ4v) is 2.28. The molecule has 94 valence electrons. The molecule has 1 atom stereocenters. The molecule has 2 N–H and O–H groups in total. The van der Waals surface area contributed by atoms with Crippen LogP contribution in [0.4, 0.5) is 10.1 Å². The van der Waals surface area contributed by atoms with E-state index < -0.39 is 5.82 Å². The van der Waals surface area contributed by atoms with Crippen molar-refractivity contribution in [3.63, 3.8) is 0 Å².